The Bertz CT molecular complexity index is 310. The number of hydrogen-bond acceptors (Lipinski definition) is 3. The van der Waals surface area contributed by atoms with Gasteiger partial charge in [0.1, 0.15) is 6.61 Å². The number of carbonyl (C=O) groups excluding carboxylic acids is 2. The first-order chi connectivity index (χ1) is 8.68. The average Bonchev–Trinajstić information content (AvgIpc) is 2.38. The third kappa shape index (κ3) is 3.31. The molecule has 2 fully saturated rings. The predicted molar refractivity (Wildman–Crippen MR) is 68.2 cm³/mol. The summed E-state index contributed by atoms with van der Waals surface area (Å²) in [4.78, 5) is 25.4. The average molecular weight is 253 g/mol. The van der Waals surface area contributed by atoms with Crippen molar-refractivity contribution in [2.75, 3.05) is 19.8 Å². The molecule has 0 aromatic carbocycles. The fraction of sp³-hybridized carbons (Fsp3) is 0.857. The SMILES string of the molecule is CC(=O)[C@H](CC1CCCCC1)N1CCOCC1=O. The lowest BCUT2D eigenvalue weighted by Gasteiger charge is -2.35. The van der Waals surface area contributed by atoms with Gasteiger partial charge in [-0.2, -0.15) is 0 Å². The van der Waals surface area contributed by atoms with Crippen molar-refractivity contribution in [1.82, 2.24) is 4.90 Å². The molecule has 1 aliphatic heterocycles. The number of nitrogens with zero attached hydrogens (tertiary/aromatic N) is 1. The summed E-state index contributed by atoms with van der Waals surface area (Å²) >= 11 is 0. The Hall–Kier alpha value is -0.900. The Morgan fingerprint density at radius 2 is 2.11 bits per heavy atom. The summed E-state index contributed by atoms with van der Waals surface area (Å²) < 4.78 is 5.13. The highest BCUT2D eigenvalue weighted by atomic mass is 16.5. The van der Waals surface area contributed by atoms with E-state index in [1.54, 1.807) is 11.8 Å². The van der Waals surface area contributed by atoms with Crippen LogP contribution in [0.1, 0.15) is 45.4 Å². The Morgan fingerprint density at radius 1 is 1.39 bits per heavy atom. The number of ether oxygens (including phenoxy) is 1. The van der Waals surface area contributed by atoms with E-state index in [0.29, 0.717) is 19.1 Å². The third-order valence-corrected chi connectivity index (χ3v) is 4.15. The van der Waals surface area contributed by atoms with Crippen LogP contribution >= 0.6 is 0 Å². The van der Waals surface area contributed by atoms with Crippen molar-refractivity contribution in [3.8, 4) is 0 Å². The number of Topliss-reactive ketones (excluding diaryl/α,β-unsaturated/α-hetero) is 1. The number of ketones is 1. The first kappa shape index (κ1) is 13.5. The summed E-state index contributed by atoms with van der Waals surface area (Å²) in [6, 6.07) is -0.218. The highest BCUT2D eigenvalue weighted by Crippen LogP contribution is 2.29. The molecule has 0 aromatic heterocycles. The molecule has 1 atom stereocenters. The van der Waals surface area contributed by atoms with Gasteiger partial charge in [-0.05, 0) is 19.3 Å². The van der Waals surface area contributed by atoms with Gasteiger partial charge in [0.05, 0.1) is 12.6 Å². The van der Waals surface area contributed by atoms with Crippen LogP contribution in [0.15, 0.2) is 0 Å². The molecule has 2 rings (SSSR count). The molecule has 0 spiro atoms. The van der Waals surface area contributed by atoms with E-state index in [1.807, 2.05) is 0 Å². The van der Waals surface area contributed by atoms with E-state index in [9.17, 15) is 9.59 Å². The summed E-state index contributed by atoms with van der Waals surface area (Å²) in [7, 11) is 0. The second-order valence-corrected chi connectivity index (χ2v) is 5.51. The molecule has 1 saturated carbocycles. The molecule has 1 saturated heterocycles. The summed E-state index contributed by atoms with van der Waals surface area (Å²) in [6.45, 7) is 2.86. The van der Waals surface area contributed by atoms with E-state index in [1.165, 1.54) is 32.1 Å². The highest BCUT2D eigenvalue weighted by molar-refractivity contribution is 5.88. The summed E-state index contributed by atoms with van der Waals surface area (Å²) in [5, 5.41) is 0. The summed E-state index contributed by atoms with van der Waals surface area (Å²) in [5.74, 6) is 0.705. The monoisotopic (exact) mass is 253 g/mol. The maximum absolute atomic E-state index is 11.8. The standard InChI is InChI=1S/C14H23NO3/c1-11(16)13(9-12-5-3-2-4-6-12)15-7-8-18-10-14(15)17/h12-13H,2-10H2,1H3/t13-/m0/s1. The van der Waals surface area contributed by atoms with Gasteiger partial charge >= 0.3 is 0 Å². The zero-order valence-electron chi connectivity index (χ0n) is 11.2. The quantitative estimate of drug-likeness (QED) is 0.767. The molecular weight excluding hydrogens is 230 g/mol. The molecule has 1 aliphatic carbocycles. The molecule has 4 heteroatoms. The van der Waals surface area contributed by atoms with Crippen LogP contribution in [0.3, 0.4) is 0 Å². The first-order valence-electron chi connectivity index (χ1n) is 7.06. The summed E-state index contributed by atoms with van der Waals surface area (Å²) in [6.07, 6.45) is 7.13. The number of hydrogen-bond donors (Lipinski definition) is 0. The highest BCUT2D eigenvalue weighted by Gasteiger charge is 2.31. The van der Waals surface area contributed by atoms with E-state index >= 15 is 0 Å². The number of carbonyl (C=O) groups is 2. The fourth-order valence-electron chi connectivity index (χ4n) is 3.11. The van der Waals surface area contributed by atoms with Crippen LogP contribution < -0.4 is 0 Å². The van der Waals surface area contributed by atoms with Gasteiger partial charge in [0.15, 0.2) is 5.78 Å². The van der Waals surface area contributed by atoms with Gasteiger partial charge in [-0.1, -0.05) is 32.1 Å². The van der Waals surface area contributed by atoms with Gasteiger partial charge < -0.3 is 9.64 Å². The third-order valence-electron chi connectivity index (χ3n) is 4.15. The Labute approximate surface area is 109 Å². The van der Waals surface area contributed by atoms with E-state index in [0.717, 1.165) is 6.42 Å². The zero-order valence-corrected chi connectivity index (χ0v) is 11.2. The van der Waals surface area contributed by atoms with Crippen LogP contribution in [-0.2, 0) is 14.3 Å². The van der Waals surface area contributed by atoms with E-state index in [4.69, 9.17) is 4.74 Å². The molecule has 0 radical (unpaired) electrons. The smallest absolute Gasteiger partial charge is 0.249 e. The van der Waals surface area contributed by atoms with Crippen molar-refractivity contribution in [3.05, 3.63) is 0 Å². The van der Waals surface area contributed by atoms with Gasteiger partial charge in [0.2, 0.25) is 5.91 Å². The number of rotatable bonds is 4. The van der Waals surface area contributed by atoms with Gasteiger partial charge in [0, 0.05) is 6.54 Å². The van der Waals surface area contributed by atoms with Crippen LogP contribution in [0.4, 0.5) is 0 Å². The Kier molecular flexibility index (Phi) is 4.75. The van der Waals surface area contributed by atoms with Crippen LogP contribution in [-0.4, -0.2) is 42.4 Å². The minimum Gasteiger partial charge on any atom is -0.370 e. The minimum absolute atomic E-state index is 0.0303. The molecule has 0 aromatic rings. The minimum atomic E-state index is -0.218. The van der Waals surface area contributed by atoms with Crippen LogP contribution in [0.2, 0.25) is 0 Å². The summed E-state index contributed by atoms with van der Waals surface area (Å²) in [5.41, 5.74) is 0. The van der Waals surface area contributed by atoms with E-state index in [-0.39, 0.29) is 24.3 Å². The maximum Gasteiger partial charge on any atom is 0.249 e. The number of amides is 1. The van der Waals surface area contributed by atoms with Crippen molar-refractivity contribution in [2.24, 2.45) is 5.92 Å². The van der Waals surface area contributed by atoms with Gasteiger partial charge in [-0.25, -0.2) is 0 Å². The van der Waals surface area contributed by atoms with Crippen molar-refractivity contribution < 1.29 is 14.3 Å². The predicted octanol–water partition coefficient (Wildman–Crippen LogP) is 1.77. The Balaban J connectivity index is 1.98. The topological polar surface area (TPSA) is 46.6 Å². The molecule has 2 aliphatic rings. The molecule has 1 amide bonds. The van der Waals surface area contributed by atoms with Gasteiger partial charge in [-0.15, -0.1) is 0 Å². The normalized spacial score (nSPS) is 24.1. The van der Waals surface area contributed by atoms with E-state index < -0.39 is 0 Å². The molecule has 4 nitrogen and oxygen atoms in total. The van der Waals surface area contributed by atoms with Crippen LogP contribution in [0.25, 0.3) is 0 Å². The second kappa shape index (κ2) is 6.32. The van der Waals surface area contributed by atoms with Crippen molar-refractivity contribution in [3.63, 3.8) is 0 Å². The van der Waals surface area contributed by atoms with Crippen molar-refractivity contribution >= 4 is 11.7 Å². The largest absolute Gasteiger partial charge is 0.370 e. The lowest BCUT2D eigenvalue weighted by molar-refractivity contribution is -0.150. The zero-order chi connectivity index (χ0) is 13.0. The van der Waals surface area contributed by atoms with Crippen molar-refractivity contribution in [2.45, 2.75) is 51.5 Å². The molecule has 0 N–H and O–H groups in total. The molecule has 102 valence electrons. The lowest BCUT2D eigenvalue weighted by atomic mass is 9.83. The second-order valence-electron chi connectivity index (χ2n) is 5.51. The van der Waals surface area contributed by atoms with Gasteiger partial charge in [-0.3, -0.25) is 9.59 Å². The number of morpholine rings is 1. The maximum atomic E-state index is 11.8. The molecule has 1 heterocycles. The Morgan fingerprint density at radius 3 is 2.72 bits per heavy atom. The van der Waals surface area contributed by atoms with Crippen LogP contribution in [0, 0.1) is 5.92 Å². The van der Waals surface area contributed by atoms with Gasteiger partial charge in [0.25, 0.3) is 0 Å². The lowest BCUT2D eigenvalue weighted by Crippen LogP contribution is -2.51. The molecule has 0 unspecified atom stereocenters. The first-order valence-corrected chi connectivity index (χ1v) is 7.06. The van der Waals surface area contributed by atoms with E-state index in [2.05, 4.69) is 0 Å². The van der Waals surface area contributed by atoms with Crippen LogP contribution in [0.5, 0.6) is 0 Å². The molecule has 0 bridgehead atoms. The molecular formula is C14H23NO3. The fourth-order valence-corrected chi connectivity index (χ4v) is 3.11. The molecule has 18 heavy (non-hydrogen) atoms. The van der Waals surface area contributed by atoms with Crippen molar-refractivity contribution in [1.29, 1.82) is 0 Å².